The molecule has 2 unspecified atom stereocenters. The summed E-state index contributed by atoms with van der Waals surface area (Å²) in [4.78, 5) is 2.31. The van der Waals surface area contributed by atoms with Crippen molar-refractivity contribution in [2.24, 2.45) is 11.7 Å². The van der Waals surface area contributed by atoms with Crippen molar-refractivity contribution in [3.63, 3.8) is 0 Å². The second-order valence-corrected chi connectivity index (χ2v) is 5.18. The molecule has 1 saturated heterocycles. The smallest absolute Gasteiger partial charge is 0.120 e. The van der Waals surface area contributed by atoms with E-state index in [-0.39, 0.29) is 6.04 Å². The molecule has 0 saturated carbocycles. The molecular formula is C13H19ClN2O. The third-order valence-corrected chi connectivity index (χ3v) is 3.51. The monoisotopic (exact) mass is 254 g/mol. The number of hydrogen-bond donors (Lipinski definition) is 1. The van der Waals surface area contributed by atoms with Gasteiger partial charge < -0.3 is 15.4 Å². The molecule has 1 aromatic rings. The van der Waals surface area contributed by atoms with Gasteiger partial charge in [0.05, 0.1) is 0 Å². The fraction of sp³-hybridized carbons (Fsp3) is 0.538. The van der Waals surface area contributed by atoms with Crippen LogP contribution in [0.25, 0.3) is 0 Å². The first-order valence-corrected chi connectivity index (χ1v) is 6.35. The number of hydrogen-bond acceptors (Lipinski definition) is 3. The third-order valence-electron chi connectivity index (χ3n) is 3.27. The summed E-state index contributed by atoms with van der Waals surface area (Å²) >= 11 is 5.89. The summed E-state index contributed by atoms with van der Waals surface area (Å²) in [5.74, 6) is 1.33. The molecule has 1 aliphatic rings. The van der Waals surface area contributed by atoms with Crippen LogP contribution in [0, 0.1) is 5.92 Å². The van der Waals surface area contributed by atoms with Crippen molar-refractivity contribution < 1.29 is 4.74 Å². The molecule has 2 rings (SSSR count). The Morgan fingerprint density at radius 2 is 2.41 bits per heavy atom. The van der Waals surface area contributed by atoms with Crippen molar-refractivity contribution in [2.75, 3.05) is 26.7 Å². The van der Waals surface area contributed by atoms with Gasteiger partial charge in [-0.3, -0.25) is 0 Å². The van der Waals surface area contributed by atoms with Crippen LogP contribution in [0.2, 0.25) is 5.02 Å². The SMILES string of the molecule is CN1CCC(C(N)COc2cccc(Cl)c2)C1. The summed E-state index contributed by atoms with van der Waals surface area (Å²) in [6.45, 7) is 2.76. The van der Waals surface area contributed by atoms with E-state index in [9.17, 15) is 0 Å². The van der Waals surface area contributed by atoms with E-state index in [0.29, 0.717) is 17.5 Å². The maximum Gasteiger partial charge on any atom is 0.120 e. The van der Waals surface area contributed by atoms with Crippen LogP contribution in [0.1, 0.15) is 6.42 Å². The molecule has 1 fully saturated rings. The Bertz CT molecular complexity index is 372. The molecule has 0 radical (unpaired) electrons. The Balaban J connectivity index is 1.81. The lowest BCUT2D eigenvalue weighted by Gasteiger charge is -2.19. The van der Waals surface area contributed by atoms with Crippen LogP contribution in [0.4, 0.5) is 0 Å². The fourth-order valence-corrected chi connectivity index (χ4v) is 2.38. The highest BCUT2D eigenvalue weighted by Gasteiger charge is 2.25. The predicted molar refractivity (Wildman–Crippen MR) is 70.5 cm³/mol. The Labute approximate surface area is 107 Å². The minimum atomic E-state index is 0.0962. The van der Waals surface area contributed by atoms with Gasteiger partial charge in [-0.25, -0.2) is 0 Å². The Morgan fingerprint density at radius 3 is 3.06 bits per heavy atom. The van der Waals surface area contributed by atoms with Crippen LogP contribution in [0.5, 0.6) is 5.75 Å². The largest absolute Gasteiger partial charge is 0.492 e. The molecule has 1 aromatic carbocycles. The summed E-state index contributed by atoms with van der Waals surface area (Å²) in [6, 6.07) is 7.53. The molecule has 0 spiro atoms. The lowest BCUT2D eigenvalue weighted by atomic mass is 10.0. The van der Waals surface area contributed by atoms with Crippen LogP contribution in [0.15, 0.2) is 24.3 Å². The Morgan fingerprint density at radius 1 is 1.59 bits per heavy atom. The zero-order valence-electron chi connectivity index (χ0n) is 10.1. The molecule has 94 valence electrons. The van der Waals surface area contributed by atoms with Crippen molar-refractivity contribution in [2.45, 2.75) is 12.5 Å². The molecule has 4 heteroatoms. The summed E-state index contributed by atoms with van der Waals surface area (Å²) in [5.41, 5.74) is 6.14. The Hall–Kier alpha value is -0.770. The molecule has 2 N–H and O–H groups in total. The average Bonchev–Trinajstić information content (AvgIpc) is 2.73. The van der Waals surface area contributed by atoms with E-state index in [1.165, 1.54) is 0 Å². The van der Waals surface area contributed by atoms with Gasteiger partial charge >= 0.3 is 0 Å². The Kier molecular flexibility index (Phi) is 4.26. The number of rotatable bonds is 4. The van der Waals surface area contributed by atoms with Gasteiger partial charge in [0.2, 0.25) is 0 Å². The highest BCUT2D eigenvalue weighted by molar-refractivity contribution is 6.30. The number of halogens is 1. The van der Waals surface area contributed by atoms with Crippen LogP contribution in [-0.4, -0.2) is 37.7 Å². The molecule has 0 amide bonds. The van der Waals surface area contributed by atoms with Gasteiger partial charge in [0.25, 0.3) is 0 Å². The quantitative estimate of drug-likeness (QED) is 0.893. The van der Waals surface area contributed by atoms with E-state index in [4.69, 9.17) is 22.1 Å². The fourth-order valence-electron chi connectivity index (χ4n) is 2.20. The van der Waals surface area contributed by atoms with E-state index in [2.05, 4.69) is 11.9 Å². The van der Waals surface area contributed by atoms with Gasteiger partial charge in [0.1, 0.15) is 12.4 Å². The minimum Gasteiger partial charge on any atom is -0.492 e. The van der Waals surface area contributed by atoms with Crippen LogP contribution < -0.4 is 10.5 Å². The zero-order chi connectivity index (χ0) is 12.3. The first-order valence-electron chi connectivity index (χ1n) is 5.97. The molecule has 1 heterocycles. The summed E-state index contributed by atoms with van der Waals surface area (Å²) in [6.07, 6.45) is 1.16. The summed E-state index contributed by atoms with van der Waals surface area (Å²) in [7, 11) is 2.13. The van der Waals surface area contributed by atoms with Gasteiger partial charge in [0.15, 0.2) is 0 Å². The maximum absolute atomic E-state index is 6.14. The molecule has 0 bridgehead atoms. The predicted octanol–water partition coefficient (Wildman–Crippen LogP) is 2.00. The normalized spacial score (nSPS) is 22.6. The number of nitrogens with zero attached hydrogens (tertiary/aromatic N) is 1. The lowest BCUT2D eigenvalue weighted by Crippen LogP contribution is -2.37. The average molecular weight is 255 g/mol. The molecule has 1 aliphatic heterocycles. The van der Waals surface area contributed by atoms with Gasteiger partial charge in [-0.05, 0) is 44.1 Å². The van der Waals surface area contributed by atoms with Crippen molar-refractivity contribution in [1.29, 1.82) is 0 Å². The van der Waals surface area contributed by atoms with Crippen LogP contribution in [-0.2, 0) is 0 Å². The van der Waals surface area contributed by atoms with Crippen molar-refractivity contribution in [1.82, 2.24) is 4.90 Å². The third kappa shape index (κ3) is 3.60. The van der Waals surface area contributed by atoms with E-state index >= 15 is 0 Å². The van der Waals surface area contributed by atoms with Crippen molar-refractivity contribution in [3.8, 4) is 5.75 Å². The topological polar surface area (TPSA) is 38.5 Å². The zero-order valence-corrected chi connectivity index (χ0v) is 10.9. The number of ether oxygens (including phenoxy) is 1. The summed E-state index contributed by atoms with van der Waals surface area (Å²) < 4.78 is 5.67. The van der Waals surface area contributed by atoms with E-state index in [1.54, 1.807) is 0 Å². The van der Waals surface area contributed by atoms with Gasteiger partial charge in [-0.1, -0.05) is 17.7 Å². The number of benzene rings is 1. The van der Waals surface area contributed by atoms with Gasteiger partial charge in [-0.2, -0.15) is 0 Å². The highest BCUT2D eigenvalue weighted by atomic mass is 35.5. The molecule has 0 aromatic heterocycles. The second kappa shape index (κ2) is 5.71. The molecule has 3 nitrogen and oxygen atoms in total. The van der Waals surface area contributed by atoms with Crippen molar-refractivity contribution >= 4 is 11.6 Å². The second-order valence-electron chi connectivity index (χ2n) is 4.74. The van der Waals surface area contributed by atoms with E-state index < -0.39 is 0 Å². The standard InChI is InChI=1S/C13H19ClN2O/c1-16-6-5-10(8-16)13(15)9-17-12-4-2-3-11(14)7-12/h2-4,7,10,13H,5-6,8-9,15H2,1H3. The first-order chi connectivity index (χ1) is 8.15. The van der Waals surface area contributed by atoms with Gasteiger partial charge in [-0.15, -0.1) is 0 Å². The number of likely N-dealkylation sites (tertiary alicyclic amines) is 1. The van der Waals surface area contributed by atoms with E-state index in [0.717, 1.165) is 25.3 Å². The highest BCUT2D eigenvalue weighted by Crippen LogP contribution is 2.20. The molecular weight excluding hydrogens is 236 g/mol. The van der Waals surface area contributed by atoms with Crippen LogP contribution >= 0.6 is 11.6 Å². The summed E-state index contributed by atoms with van der Waals surface area (Å²) in [5, 5.41) is 0.691. The van der Waals surface area contributed by atoms with Gasteiger partial charge in [0, 0.05) is 17.6 Å². The molecule has 2 atom stereocenters. The van der Waals surface area contributed by atoms with E-state index in [1.807, 2.05) is 24.3 Å². The number of nitrogens with two attached hydrogens (primary N) is 1. The minimum absolute atomic E-state index is 0.0962. The molecule has 17 heavy (non-hydrogen) atoms. The lowest BCUT2D eigenvalue weighted by molar-refractivity contribution is 0.245. The first kappa shape index (κ1) is 12.7. The molecule has 0 aliphatic carbocycles. The maximum atomic E-state index is 6.14. The van der Waals surface area contributed by atoms with Crippen LogP contribution in [0.3, 0.4) is 0 Å². The van der Waals surface area contributed by atoms with Crippen molar-refractivity contribution in [3.05, 3.63) is 29.3 Å².